The van der Waals surface area contributed by atoms with Gasteiger partial charge in [-0.1, -0.05) is 6.07 Å². The summed E-state index contributed by atoms with van der Waals surface area (Å²) in [6, 6.07) is 13.4. The molecule has 1 atom stereocenters. The van der Waals surface area contributed by atoms with Crippen molar-refractivity contribution in [3.63, 3.8) is 0 Å². The zero-order valence-electron chi connectivity index (χ0n) is 16.4. The number of nitrogens with one attached hydrogen (secondary N) is 3. The maximum absolute atomic E-state index is 12.2. The van der Waals surface area contributed by atoms with Crippen LogP contribution in [-0.4, -0.2) is 41.2 Å². The van der Waals surface area contributed by atoms with Crippen LogP contribution in [0.2, 0.25) is 0 Å². The van der Waals surface area contributed by atoms with E-state index in [0.717, 1.165) is 4.90 Å². The average molecular weight is 416 g/mol. The summed E-state index contributed by atoms with van der Waals surface area (Å²) in [5.74, 6) is -0.434. The highest BCUT2D eigenvalue weighted by atomic mass is 32.2. The molecule has 2 rings (SSSR count). The van der Waals surface area contributed by atoms with Crippen LogP contribution in [0.5, 0.6) is 5.75 Å². The van der Waals surface area contributed by atoms with Crippen molar-refractivity contribution < 1.29 is 19.5 Å². The fourth-order valence-corrected chi connectivity index (χ4v) is 3.36. The SMILES string of the molecule is CC(=O)Nc1ccc(SC(C)C(=O)NCCCNC(=O)c2cccc(O)c2)cc1. The van der Waals surface area contributed by atoms with Gasteiger partial charge in [-0.15, -0.1) is 11.8 Å². The summed E-state index contributed by atoms with van der Waals surface area (Å²) < 4.78 is 0. The third-order valence-corrected chi connectivity index (χ3v) is 5.02. The molecule has 0 saturated carbocycles. The zero-order valence-corrected chi connectivity index (χ0v) is 17.2. The van der Waals surface area contributed by atoms with Crippen LogP contribution < -0.4 is 16.0 Å². The summed E-state index contributed by atoms with van der Waals surface area (Å²) in [6.07, 6.45) is 0.596. The number of hydrogen-bond acceptors (Lipinski definition) is 5. The maximum atomic E-state index is 12.2. The van der Waals surface area contributed by atoms with Gasteiger partial charge in [-0.2, -0.15) is 0 Å². The highest BCUT2D eigenvalue weighted by molar-refractivity contribution is 8.00. The second kappa shape index (κ2) is 11.1. The first-order chi connectivity index (χ1) is 13.8. The van der Waals surface area contributed by atoms with E-state index in [1.807, 2.05) is 19.1 Å². The molecule has 8 heteroatoms. The molecule has 0 aliphatic heterocycles. The number of amides is 3. The van der Waals surface area contributed by atoms with Crippen molar-refractivity contribution in [1.29, 1.82) is 0 Å². The van der Waals surface area contributed by atoms with Gasteiger partial charge in [0.15, 0.2) is 0 Å². The van der Waals surface area contributed by atoms with Gasteiger partial charge in [-0.3, -0.25) is 14.4 Å². The Hall–Kier alpha value is -3.00. The Morgan fingerprint density at radius 3 is 2.38 bits per heavy atom. The van der Waals surface area contributed by atoms with Gasteiger partial charge in [-0.05, 0) is 55.8 Å². The lowest BCUT2D eigenvalue weighted by molar-refractivity contribution is -0.120. The molecular formula is C21H25N3O4S. The van der Waals surface area contributed by atoms with Gasteiger partial charge in [0.2, 0.25) is 11.8 Å². The molecule has 29 heavy (non-hydrogen) atoms. The summed E-state index contributed by atoms with van der Waals surface area (Å²) in [6.45, 7) is 4.14. The van der Waals surface area contributed by atoms with Crippen LogP contribution in [0.4, 0.5) is 5.69 Å². The molecule has 154 valence electrons. The number of hydrogen-bond donors (Lipinski definition) is 4. The summed E-state index contributed by atoms with van der Waals surface area (Å²) >= 11 is 1.43. The van der Waals surface area contributed by atoms with Crippen molar-refractivity contribution in [3.8, 4) is 5.75 Å². The van der Waals surface area contributed by atoms with Gasteiger partial charge in [0, 0.05) is 36.2 Å². The molecule has 0 radical (unpaired) electrons. The van der Waals surface area contributed by atoms with Crippen molar-refractivity contribution in [2.45, 2.75) is 30.4 Å². The Bertz CT molecular complexity index is 855. The first kappa shape index (κ1) is 22.3. The second-order valence-electron chi connectivity index (χ2n) is 6.42. The Kier molecular flexibility index (Phi) is 8.54. The number of anilines is 1. The number of carbonyl (C=O) groups is 3. The van der Waals surface area contributed by atoms with E-state index in [-0.39, 0.29) is 28.7 Å². The molecule has 0 saturated heterocycles. The van der Waals surface area contributed by atoms with Gasteiger partial charge in [-0.25, -0.2) is 0 Å². The van der Waals surface area contributed by atoms with Crippen molar-refractivity contribution in [2.24, 2.45) is 0 Å². The van der Waals surface area contributed by atoms with E-state index in [0.29, 0.717) is 30.8 Å². The molecule has 0 fully saturated rings. The zero-order chi connectivity index (χ0) is 21.2. The van der Waals surface area contributed by atoms with Crippen molar-refractivity contribution in [1.82, 2.24) is 10.6 Å². The third-order valence-electron chi connectivity index (χ3n) is 3.90. The van der Waals surface area contributed by atoms with E-state index >= 15 is 0 Å². The van der Waals surface area contributed by atoms with Crippen molar-refractivity contribution >= 4 is 35.2 Å². The van der Waals surface area contributed by atoms with Crippen LogP contribution in [-0.2, 0) is 9.59 Å². The standard InChI is InChI=1S/C21H25N3O4S/c1-14(29-19-9-7-17(8-10-19)24-15(2)25)20(27)22-11-4-12-23-21(28)16-5-3-6-18(26)13-16/h3,5-10,13-14,26H,4,11-12H2,1-2H3,(H,22,27)(H,23,28)(H,24,25). The molecule has 3 amide bonds. The predicted octanol–water partition coefficient (Wildman–Crippen LogP) is 2.77. The van der Waals surface area contributed by atoms with E-state index in [1.54, 1.807) is 24.3 Å². The highest BCUT2D eigenvalue weighted by Gasteiger charge is 2.14. The fourth-order valence-electron chi connectivity index (χ4n) is 2.47. The van der Waals surface area contributed by atoms with E-state index in [1.165, 1.54) is 30.8 Å². The number of phenols is 1. The minimum atomic E-state index is -0.275. The first-order valence-electron chi connectivity index (χ1n) is 9.24. The summed E-state index contributed by atoms with van der Waals surface area (Å²) in [5.41, 5.74) is 1.11. The Balaban J connectivity index is 1.66. The predicted molar refractivity (Wildman–Crippen MR) is 114 cm³/mol. The van der Waals surface area contributed by atoms with Crippen LogP contribution in [0.25, 0.3) is 0 Å². The van der Waals surface area contributed by atoms with Crippen LogP contribution in [0.3, 0.4) is 0 Å². The van der Waals surface area contributed by atoms with Gasteiger partial charge >= 0.3 is 0 Å². The van der Waals surface area contributed by atoms with Crippen LogP contribution >= 0.6 is 11.8 Å². The number of rotatable bonds is 9. The molecule has 0 heterocycles. The normalized spacial score (nSPS) is 11.4. The highest BCUT2D eigenvalue weighted by Crippen LogP contribution is 2.24. The molecule has 2 aromatic rings. The second-order valence-corrected chi connectivity index (χ2v) is 7.83. The minimum absolute atomic E-state index is 0.0427. The molecule has 2 aromatic carbocycles. The minimum Gasteiger partial charge on any atom is -0.508 e. The third kappa shape index (κ3) is 7.87. The van der Waals surface area contributed by atoms with E-state index < -0.39 is 0 Å². The Morgan fingerprint density at radius 2 is 1.72 bits per heavy atom. The summed E-state index contributed by atoms with van der Waals surface area (Å²) in [5, 5.41) is 17.4. The van der Waals surface area contributed by atoms with Gasteiger partial charge in [0.1, 0.15) is 5.75 Å². The number of thioether (sulfide) groups is 1. The molecular weight excluding hydrogens is 390 g/mol. The number of carbonyl (C=O) groups excluding carboxylic acids is 3. The topological polar surface area (TPSA) is 108 Å². The quantitative estimate of drug-likeness (QED) is 0.372. The first-order valence-corrected chi connectivity index (χ1v) is 10.1. The largest absolute Gasteiger partial charge is 0.508 e. The van der Waals surface area contributed by atoms with Crippen LogP contribution in [0, 0.1) is 0 Å². The molecule has 0 spiro atoms. The smallest absolute Gasteiger partial charge is 0.251 e. The fraction of sp³-hybridized carbons (Fsp3) is 0.286. The van der Waals surface area contributed by atoms with Crippen LogP contribution in [0.1, 0.15) is 30.6 Å². The molecule has 0 bridgehead atoms. The van der Waals surface area contributed by atoms with Gasteiger partial charge < -0.3 is 21.1 Å². The maximum Gasteiger partial charge on any atom is 0.251 e. The van der Waals surface area contributed by atoms with Crippen LogP contribution in [0.15, 0.2) is 53.4 Å². The molecule has 1 unspecified atom stereocenters. The van der Waals surface area contributed by atoms with E-state index in [2.05, 4.69) is 16.0 Å². The lowest BCUT2D eigenvalue weighted by Gasteiger charge is -2.13. The Morgan fingerprint density at radius 1 is 1.03 bits per heavy atom. The molecule has 0 aliphatic rings. The average Bonchev–Trinajstić information content (AvgIpc) is 2.68. The molecule has 4 N–H and O–H groups in total. The Labute approximate surface area is 174 Å². The number of aromatic hydroxyl groups is 1. The number of phenolic OH excluding ortho intramolecular Hbond substituents is 1. The number of benzene rings is 2. The molecule has 0 aromatic heterocycles. The monoisotopic (exact) mass is 415 g/mol. The van der Waals surface area contributed by atoms with E-state index in [4.69, 9.17) is 0 Å². The van der Waals surface area contributed by atoms with E-state index in [9.17, 15) is 19.5 Å². The summed E-state index contributed by atoms with van der Waals surface area (Å²) in [4.78, 5) is 36.1. The molecule has 7 nitrogen and oxygen atoms in total. The van der Waals surface area contributed by atoms with Crippen molar-refractivity contribution in [3.05, 3.63) is 54.1 Å². The summed E-state index contributed by atoms with van der Waals surface area (Å²) in [7, 11) is 0. The van der Waals surface area contributed by atoms with Gasteiger partial charge in [0.05, 0.1) is 5.25 Å². The lowest BCUT2D eigenvalue weighted by atomic mass is 10.2. The van der Waals surface area contributed by atoms with Gasteiger partial charge in [0.25, 0.3) is 5.91 Å². The van der Waals surface area contributed by atoms with Crippen molar-refractivity contribution in [2.75, 3.05) is 18.4 Å². The molecule has 0 aliphatic carbocycles. The lowest BCUT2D eigenvalue weighted by Crippen LogP contribution is -2.33.